The van der Waals surface area contributed by atoms with Gasteiger partial charge < -0.3 is 14.4 Å². The van der Waals surface area contributed by atoms with Crippen molar-refractivity contribution in [1.82, 2.24) is 0 Å². The standard InChI is InChI=1S/C24H20F3NO3/c1-2-31-23-16-6-4-3-5-15(16)17(12-21(26)27)18-13-28(24(30)22(18)23)20-8-7-14(9-10-29)11-19(20)25/h3-8,10-11,21H,2,9,12-13H2,1H3. The molecule has 0 saturated heterocycles. The van der Waals surface area contributed by atoms with Gasteiger partial charge in [0.1, 0.15) is 17.9 Å². The van der Waals surface area contributed by atoms with Crippen LogP contribution in [0.4, 0.5) is 18.9 Å². The summed E-state index contributed by atoms with van der Waals surface area (Å²) < 4.78 is 47.5. The van der Waals surface area contributed by atoms with Gasteiger partial charge in [-0.05, 0) is 41.1 Å². The van der Waals surface area contributed by atoms with Crippen LogP contribution in [0, 0.1) is 5.82 Å². The first-order valence-corrected chi connectivity index (χ1v) is 9.97. The number of amides is 1. The fraction of sp³-hybridized carbons (Fsp3) is 0.250. The summed E-state index contributed by atoms with van der Waals surface area (Å²) in [5.41, 5.74) is 1.53. The molecule has 1 aliphatic heterocycles. The lowest BCUT2D eigenvalue weighted by molar-refractivity contribution is -0.107. The van der Waals surface area contributed by atoms with E-state index in [0.29, 0.717) is 39.5 Å². The first-order chi connectivity index (χ1) is 15.0. The number of carbonyl (C=O) groups excluding carboxylic acids is 2. The van der Waals surface area contributed by atoms with Crippen LogP contribution in [0.1, 0.15) is 34.0 Å². The summed E-state index contributed by atoms with van der Waals surface area (Å²) in [6.45, 7) is 2.02. The van der Waals surface area contributed by atoms with Gasteiger partial charge in [-0.3, -0.25) is 4.79 Å². The van der Waals surface area contributed by atoms with Crippen LogP contribution in [0.3, 0.4) is 0 Å². The lowest BCUT2D eigenvalue weighted by Crippen LogP contribution is -2.24. The summed E-state index contributed by atoms with van der Waals surface area (Å²) in [5, 5.41) is 1.18. The summed E-state index contributed by atoms with van der Waals surface area (Å²) in [7, 11) is 0. The minimum atomic E-state index is -2.60. The average Bonchev–Trinajstić information content (AvgIpc) is 3.07. The molecule has 0 aromatic heterocycles. The molecule has 0 bridgehead atoms. The largest absolute Gasteiger partial charge is 0.492 e. The first kappa shape index (κ1) is 20.9. The van der Waals surface area contributed by atoms with Gasteiger partial charge in [0.2, 0.25) is 6.43 Å². The molecule has 0 fully saturated rings. The Hall–Kier alpha value is -3.35. The van der Waals surface area contributed by atoms with Crippen LogP contribution in [0.25, 0.3) is 10.8 Å². The van der Waals surface area contributed by atoms with E-state index in [0.717, 1.165) is 0 Å². The quantitative estimate of drug-likeness (QED) is 0.494. The summed E-state index contributed by atoms with van der Waals surface area (Å²) >= 11 is 0. The van der Waals surface area contributed by atoms with Crippen LogP contribution in [0.15, 0.2) is 42.5 Å². The van der Waals surface area contributed by atoms with Crippen molar-refractivity contribution in [2.45, 2.75) is 32.7 Å². The van der Waals surface area contributed by atoms with Gasteiger partial charge in [0, 0.05) is 18.2 Å². The smallest absolute Gasteiger partial charge is 0.262 e. The third-order valence-corrected chi connectivity index (χ3v) is 5.43. The van der Waals surface area contributed by atoms with Crippen molar-refractivity contribution in [2.75, 3.05) is 11.5 Å². The van der Waals surface area contributed by atoms with E-state index in [2.05, 4.69) is 0 Å². The molecular formula is C24H20F3NO3. The second-order valence-corrected chi connectivity index (χ2v) is 7.28. The summed E-state index contributed by atoms with van der Waals surface area (Å²) in [4.78, 5) is 25.3. The lowest BCUT2D eigenvalue weighted by atomic mass is 9.92. The number of aldehydes is 1. The number of hydrogen-bond donors (Lipinski definition) is 0. The maximum atomic E-state index is 14.8. The van der Waals surface area contributed by atoms with E-state index < -0.39 is 24.6 Å². The topological polar surface area (TPSA) is 46.6 Å². The van der Waals surface area contributed by atoms with Gasteiger partial charge >= 0.3 is 0 Å². The van der Waals surface area contributed by atoms with Crippen LogP contribution >= 0.6 is 0 Å². The SMILES string of the molecule is CCOc1c2c(c(CC(F)F)c3ccccc13)CN(c1ccc(CC=O)cc1F)C2=O. The number of ether oxygens (including phenoxy) is 1. The van der Waals surface area contributed by atoms with Gasteiger partial charge in [0.25, 0.3) is 5.91 Å². The van der Waals surface area contributed by atoms with E-state index in [4.69, 9.17) is 4.74 Å². The number of halogens is 3. The maximum absolute atomic E-state index is 14.8. The van der Waals surface area contributed by atoms with E-state index in [1.807, 2.05) is 0 Å². The van der Waals surface area contributed by atoms with Gasteiger partial charge in [0.15, 0.2) is 0 Å². The molecule has 1 aliphatic rings. The Labute approximate surface area is 177 Å². The van der Waals surface area contributed by atoms with Crippen LogP contribution in [-0.4, -0.2) is 25.2 Å². The van der Waals surface area contributed by atoms with E-state index >= 15 is 0 Å². The molecule has 4 nitrogen and oxygen atoms in total. The van der Waals surface area contributed by atoms with Gasteiger partial charge in [-0.1, -0.05) is 30.3 Å². The Morgan fingerprint density at radius 2 is 1.90 bits per heavy atom. The highest BCUT2D eigenvalue weighted by Crippen LogP contribution is 2.43. The Balaban J connectivity index is 1.91. The second-order valence-electron chi connectivity index (χ2n) is 7.28. The fourth-order valence-electron chi connectivity index (χ4n) is 4.16. The molecule has 0 spiro atoms. The second kappa shape index (κ2) is 8.41. The highest BCUT2D eigenvalue weighted by Gasteiger charge is 2.37. The summed E-state index contributed by atoms with van der Waals surface area (Å²) in [6, 6.07) is 11.2. The number of carbonyl (C=O) groups is 2. The van der Waals surface area contributed by atoms with Crippen molar-refractivity contribution in [2.24, 2.45) is 0 Å². The van der Waals surface area contributed by atoms with E-state index in [1.54, 1.807) is 37.3 Å². The molecule has 3 aromatic rings. The average molecular weight is 427 g/mol. The monoisotopic (exact) mass is 427 g/mol. The molecule has 4 rings (SSSR count). The molecule has 7 heteroatoms. The van der Waals surface area contributed by atoms with Crippen LogP contribution < -0.4 is 9.64 Å². The molecule has 0 N–H and O–H groups in total. The molecule has 0 aliphatic carbocycles. The zero-order valence-electron chi connectivity index (χ0n) is 16.8. The van der Waals surface area contributed by atoms with Gasteiger partial charge in [-0.2, -0.15) is 0 Å². The normalized spacial score (nSPS) is 13.2. The highest BCUT2D eigenvalue weighted by molar-refractivity contribution is 6.16. The van der Waals surface area contributed by atoms with Gasteiger partial charge in [0.05, 0.1) is 24.4 Å². The number of nitrogens with zero attached hydrogens (tertiary/aromatic N) is 1. The van der Waals surface area contributed by atoms with Gasteiger partial charge in [-0.25, -0.2) is 13.2 Å². The molecule has 1 heterocycles. The van der Waals surface area contributed by atoms with Crippen molar-refractivity contribution in [3.63, 3.8) is 0 Å². The summed E-state index contributed by atoms with van der Waals surface area (Å²) in [5.74, 6) is -0.822. The van der Waals surface area contributed by atoms with Crippen molar-refractivity contribution < 1.29 is 27.5 Å². The van der Waals surface area contributed by atoms with E-state index in [1.165, 1.54) is 17.0 Å². The number of rotatable bonds is 7. The molecule has 0 unspecified atom stereocenters. The van der Waals surface area contributed by atoms with E-state index in [9.17, 15) is 22.8 Å². The number of anilines is 1. The minimum absolute atomic E-state index is 0.0327. The number of fused-ring (bicyclic) bond motifs is 2. The lowest BCUT2D eigenvalue weighted by Gasteiger charge is -2.17. The van der Waals surface area contributed by atoms with E-state index in [-0.39, 0.29) is 30.8 Å². The highest BCUT2D eigenvalue weighted by atomic mass is 19.3. The number of hydrogen-bond acceptors (Lipinski definition) is 3. The summed E-state index contributed by atoms with van der Waals surface area (Å²) in [6.07, 6.45) is -2.39. The molecule has 31 heavy (non-hydrogen) atoms. The molecule has 3 aromatic carbocycles. The van der Waals surface area contributed by atoms with Crippen molar-refractivity contribution >= 4 is 28.7 Å². The van der Waals surface area contributed by atoms with Gasteiger partial charge in [-0.15, -0.1) is 0 Å². The molecular weight excluding hydrogens is 407 g/mol. The first-order valence-electron chi connectivity index (χ1n) is 9.97. The molecule has 0 radical (unpaired) electrons. The Kier molecular flexibility index (Phi) is 5.67. The minimum Gasteiger partial charge on any atom is -0.492 e. The molecule has 1 amide bonds. The third kappa shape index (κ3) is 3.65. The zero-order valence-corrected chi connectivity index (χ0v) is 16.8. The Bertz CT molecular complexity index is 1180. The van der Waals surface area contributed by atoms with Crippen molar-refractivity contribution in [3.8, 4) is 5.75 Å². The number of benzene rings is 3. The fourth-order valence-corrected chi connectivity index (χ4v) is 4.16. The molecule has 160 valence electrons. The maximum Gasteiger partial charge on any atom is 0.262 e. The molecule has 0 atom stereocenters. The third-order valence-electron chi connectivity index (χ3n) is 5.43. The van der Waals surface area contributed by atoms with Crippen LogP contribution in [0.2, 0.25) is 0 Å². The zero-order chi connectivity index (χ0) is 22.1. The predicted octanol–water partition coefficient (Wildman–Crippen LogP) is 5.09. The van der Waals surface area contributed by atoms with Crippen molar-refractivity contribution in [3.05, 3.63) is 70.5 Å². The Morgan fingerprint density at radius 1 is 1.16 bits per heavy atom. The van der Waals surface area contributed by atoms with Crippen molar-refractivity contribution in [1.29, 1.82) is 0 Å². The number of alkyl halides is 2. The predicted molar refractivity (Wildman–Crippen MR) is 112 cm³/mol. The molecule has 0 saturated carbocycles. The van der Waals surface area contributed by atoms with Crippen LogP contribution in [-0.2, 0) is 24.2 Å². The van der Waals surface area contributed by atoms with Crippen LogP contribution in [0.5, 0.6) is 5.75 Å². The Morgan fingerprint density at radius 3 is 2.55 bits per heavy atom.